The van der Waals surface area contributed by atoms with Gasteiger partial charge in [0.05, 0.1) is 9.82 Å². The van der Waals surface area contributed by atoms with E-state index in [-0.39, 0.29) is 28.9 Å². The van der Waals surface area contributed by atoms with Crippen molar-refractivity contribution >= 4 is 50.2 Å². The van der Waals surface area contributed by atoms with Crippen molar-refractivity contribution in [3.63, 3.8) is 0 Å². The molecule has 35 heavy (non-hydrogen) atoms. The first-order valence-electron chi connectivity index (χ1n) is 10.9. The summed E-state index contributed by atoms with van der Waals surface area (Å²) in [6, 6.07) is 10.7. The van der Waals surface area contributed by atoms with Crippen molar-refractivity contribution in [2.24, 2.45) is 11.7 Å². The lowest BCUT2D eigenvalue weighted by atomic mass is 9.98. The van der Waals surface area contributed by atoms with Crippen molar-refractivity contribution in [1.29, 1.82) is 5.41 Å². The monoisotopic (exact) mass is 614 g/mol. The van der Waals surface area contributed by atoms with Gasteiger partial charge in [-0.25, -0.2) is 8.42 Å². The molecule has 5 N–H and O–H groups in total. The zero-order valence-electron chi connectivity index (χ0n) is 18.8. The van der Waals surface area contributed by atoms with Gasteiger partial charge in [-0.15, -0.1) is 0 Å². The van der Waals surface area contributed by atoms with Crippen LogP contribution in [0.2, 0.25) is 0 Å². The third-order valence-electron chi connectivity index (χ3n) is 5.75. The van der Waals surface area contributed by atoms with Crippen molar-refractivity contribution in [3.8, 4) is 0 Å². The Morgan fingerprint density at radius 3 is 2.49 bits per heavy atom. The predicted octanol–water partition coefficient (Wildman–Crippen LogP) is 1.81. The lowest BCUT2D eigenvalue weighted by Gasteiger charge is -2.33. The third-order valence-corrected chi connectivity index (χ3v) is 7.96. The van der Waals surface area contributed by atoms with E-state index in [0.29, 0.717) is 25.2 Å². The maximum Gasteiger partial charge on any atom is 0.269 e. The standard InChI is InChI=1S/C22H27IN6O5S/c23-17-5-9-19(10-6-17)35(33,34)27-20(12-15-3-7-18(8-4-15)29(31)32)21(30)26-13-16-2-1-11-28(14-16)22(24)25/h3-10,16,20,27H,1-2,11-14H2,(H3,24,25)(H,26,30)/t16-,20?/m1/s1. The normalized spacial score (nSPS) is 16.9. The minimum absolute atomic E-state index is 0.0116. The van der Waals surface area contributed by atoms with Gasteiger partial charge in [0, 0.05) is 35.3 Å². The van der Waals surface area contributed by atoms with E-state index in [2.05, 4.69) is 32.6 Å². The van der Waals surface area contributed by atoms with Crippen molar-refractivity contribution in [2.45, 2.75) is 30.2 Å². The molecule has 1 amide bonds. The molecule has 3 rings (SSSR count). The average Bonchev–Trinajstić information content (AvgIpc) is 2.82. The summed E-state index contributed by atoms with van der Waals surface area (Å²) >= 11 is 2.07. The summed E-state index contributed by atoms with van der Waals surface area (Å²) in [5.41, 5.74) is 6.06. The molecule has 2 aromatic carbocycles. The van der Waals surface area contributed by atoms with E-state index in [1.165, 1.54) is 36.4 Å². The van der Waals surface area contributed by atoms with E-state index < -0.39 is 26.9 Å². The molecule has 1 fully saturated rings. The number of hydrogen-bond donors (Lipinski definition) is 4. The summed E-state index contributed by atoms with van der Waals surface area (Å²) in [5, 5.41) is 21.4. The van der Waals surface area contributed by atoms with Gasteiger partial charge in [-0.2, -0.15) is 4.72 Å². The van der Waals surface area contributed by atoms with Crippen LogP contribution in [-0.4, -0.2) is 55.8 Å². The van der Waals surface area contributed by atoms with Crippen molar-refractivity contribution in [1.82, 2.24) is 14.9 Å². The first-order chi connectivity index (χ1) is 16.5. The predicted molar refractivity (Wildman–Crippen MR) is 139 cm³/mol. The molecule has 0 bridgehead atoms. The fraction of sp³-hybridized carbons (Fsp3) is 0.364. The number of nitrogens with two attached hydrogens (primary N) is 1. The number of piperidine rings is 1. The Morgan fingerprint density at radius 1 is 1.23 bits per heavy atom. The number of nitro groups is 1. The highest BCUT2D eigenvalue weighted by atomic mass is 127. The zero-order valence-corrected chi connectivity index (χ0v) is 21.8. The van der Waals surface area contributed by atoms with Crippen molar-refractivity contribution in [3.05, 3.63) is 67.8 Å². The molecule has 1 heterocycles. The van der Waals surface area contributed by atoms with E-state index in [0.717, 1.165) is 16.4 Å². The second-order valence-electron chi connectivity index (χ2n) is 8.34. The van der Waals surface area contributed by atoms with Crippen LogP contribution in [0.4, 0.5) is 5.69 Å². The minimum Gasteiger partial charge on any atom is -0.370 e. The lowest BCUT2D eigenvalue weighted by Crippen LogP contribution is -2.51. The molecule has 0 aliphatic carbocycles. The van der Waals surface area contributed by atoms with Crippen molar-refractivity contribution in [2.75, 3.05) is 19.6 Å². The second kappa shape index (κ2) is 11.8. The van der Waals surface area contributed by atoms with Crippen LogP contribution in [0.1, 0.15) is 18.4 Å². The Morgan fingerprint density at radius 2 is 1.89 bits per heavy atom. The van der Waals surface area contributed by atoms with E-state index in [4.69, 9.17) is 11.1 Å². The number of likely N-dealkylation sites (tertiary alicyclic amines) is 1. The Labute approximate surface area is 217 Å². The summed E-state index contributed by atoms with van der Waals surface area (Å²) in [5.74, 6) is -0.441. The molecule has 0 aromatic heterocycles. The molecule has 11 nitrogen and oxygen atoms in total. The molecule has 1 aliphatic rings. The van der Waals surface area contributed by atoms with Gasteiger partial charge in [0.15, 0.2) is 5.96 Å². The van der Waals surface area contributed by atoms with Gasteiger partial charge < -0.3 is 16.0 Å². The fourth-order valence-corrected chi connectivity index (χ4v) is 5.42. The summed E-state index contributed by atoms with van der Waals surface area (Å²) in [4.78, 5) is 25.3. The van der Waals surface area contributed by atoms with E-state index in [1.54, 1.807) is 17.0 Å². The summed E-state index contributed by atoms with van der Waals surface area (Å²) < 4.78 is 29.3. The molecule has 0 saturated carbocycles. The first kappa shape index (κ1) is 26.8. The number of halogens is 1. The molecule has 188 valence electrons. The maximum atomic E-state index is 13.1. The highest BCUT2D eigenvalue weighted by molar-refractivity contribution is 14.1. The number of nitro benzene ring substituents is 1. The van der Waals surface area contributed by atoms with E-state index >= 15 is 0 Å². The van der Waals surface area contributed by atoms with Gasteiger partial charge >= 0.3 is 0 Å². The minimum atomic E-state index is -4.00. The number of non-ortho nitro benzene ring substituents is 1. The van der Waals surface area contributed by atoms with Gasteiger partial charge in [-0.05, 0) is 77.6 Å². The van der Waals surface area contributed by atoms with Crippen LogP contribution >= 0.6 is 22.6 Å². The van der Waals surface area contributed by atoms with Crippen LogP contribution in [0.3, 0.4) is 0 Å². The van der Waals surface area contributed by atoms with Crippen LogP contribution < -0.4 is 15.8 Å². The fourth-order valence-electron chi connectivity index (χ4n) is 3.87. The van der Waals surface area contributed by atoms with Gasteiger partial charge in [0.2, 0.25) is 15.9 Å². The molecular weight excluding hydrogens is 587 g/mol. The Kier molecular flexibility index (Phi) is 9.02. The number of carbonyl (C=O) groups excluding carboxylic acids is 1. The van der Waals surface area contributed by atoms with Crippen LogP contribution in [0, 0.1) is 25.0 Å². The molecule has 0 spiro atoms. The number of nitrogens with zero attached hydrogens (tertiary/aromatic N) is 2. The molecule has 1 unspecified atom stereocenters. The molecule has 1 aliphatic heterocycles. The maximum absolute atomic E-state index is 13.1. The molecule has 2 aromatic rings. The van der Waals surface area contributed by atoms with Gasteiger partial charge in [-0.1, -0.05) is 12.1 Å². The number of sulfonamides is 1. The number of carbonyl (C=O) groups is 1. The highest BCUT2D eigenvalue weighted by Gasteiger charge is 2.28. The zero-order chi connectivity index (χ0) is 25.6. The van der Waals surface area contributed by atoms with Gasteiger partial charge in [0.25, 0.3) is 5.69 Å². The van der Waals surface area contributed by atoms with Crippen LogP contribution in [-0.2, 0) is 21.2 Å². The van der Waals surface area contributed by atoms with Gasteiger partial charge in [-0.3, -0.25) is 20.3 Å². The Hall–Kier alpha value is -2.78. The number of amides is 1. The largest absolute Gasteiger partial charge is 0.370 e. The molecule has 2 atom stereocenters. The number of rotatable bonds is 9. The Bertz CT molecular complexity index is 1170. The summed E-state index contributed by atoms with van der Waals surface area (Å²) in [6.07, 6.45) is 1.70. The average molecular weight is 614 g/mol. The smallest absolute Gasteiger partial charge is 0.269 e. The van der Waals surface area contributed by atoms with Gasteiger partial charge in [0.1, 0.15) is 6.04 Å². The van der Waals surface area contributed by atoms with Crippen LogP contribution in [0.25, 0.3) is 0 Å². The number of hydrogen-bond acceptors (Lipinski definition) is 6. The molecular formula is C22H27IN6O5S. The summed E-state index contributed by atoms with van der Waals surface area (Å²) in [7, 11) is -4.00. The molecule has 13 heteroatoms. The first-order valence-corrected chi connectivity index (χ1v) is 13.5. The summed E-state index contributed by atoms with van der Waals surface area (Å²) in [6.45, 7) is 1.54. The number of benzene rings is 2. The lowest BCUT2D eigenvalue weighted by molar-refractivity contribution is -0.384. The SMILES string of the molecule is N=C(N)N1CCC[C@H](CNC(=O)C(Cc2ccc([N+](=O)[O-])cc2)NS(=O)(=O)c2ccc(I)cc2)C1. The van der Waals surface area contributed by atoms with E-state index in [9.17, 15) is 23.3 Å². The molecule has 1 saturated heterocycles. The van der Waals surface area contributed by atoms with Crippen LogP contribution in [0.15, 0.2) is 53.4 Å². The quantitative estimate of drug-likeness (QED) is 0.110. The van der Waals surface area contributed by atoms with Crippen LogP contribution in [0.5, 0.6) is 0 Å². The topological polar surface area (TPSA) is 172 Å². The van der Waals surface area contributed by atoms with Crippen molar-refractivity contribution < 1.29 is 18.1 Å². The third kappa shape index (κ3) is 7.60. The Balaban J connectivity index is 1.75. The second-order valence-corrected chi connectivity index (χ2v) is 11.3. The highest BCUT2D eigenvalue weighted by Crippen LogP contribution is 2.18. The molecule has 0 radical (unpaired) electrons. The number of nitrogens with one attached hydrogen (secondary N) is 3. The van der Waals surface area contributed by atoms with E-state index in [1.807, 2.05) is 0 Å². The number of guanidine groups is 1.